The molecule has 0 unspecified atom stereocenters. The minimum atomic E-state index is -0.544. The molecule has 70 valence electrons. The summed E-state index contributed by atoms with van der Waals surface area (Å²) in [6.45, 7) is 1.84. The molecule has 1 aromatic carbocycles. The summed E-state index contributed by atoms with van der Waals surface area (Å²) in [6, 6.07) is 10.2. The van der Waals surface area contributed by atoms with E-state index in [9.17, 15) is 0 Å². The van der Waals surface area contributed by atoms with Gasteiger partial charge in [-0.3, -0.25) is 0 Å². The molecule has 0 atom stereocenters. The van der Waals surface area contributed by atoms with Gasteiger partial charge in [0.2, 0.25) is 0 Å². The fourth-order valence-corrected chi connectivity index (χ4v) is 2.30. The molecule has 0 bridgehead atoms. The van der Waals surface area contributed by atoms with Crippen LogP contribution < -0.4 is 0 Å². The molecule has 0 fully saturated rings. The Labute approximate surface area is 91.4 Å². The van der Waals surface area contributed by atoms with E-state index in [1.54, 1.807) is 0 Å². The molecule has 0 spiro atoms. The largest absolute Gasteiger partial charge is 0.106 e. The van der Waals surface area contributed by atoms with Crippen LogP contribution in [0.1, 0.15) is 12.5 Å². The van der Waals surface area contributed by atoms with Crippen LogP contribution in [0.25, 0.3) is 6.08 Å². The molecule has 0 heterocycles. The number of benzene rings is 1. The third-order valence-corrected chi connectivity index (χ3v) is 3.70. The van der Waals surface area contributed by atoms with E-state index in [0.29, 0.717) is 0 Å². The van der Waals surface area contributed by atoms with Gasteiger partial charge >= 0.3 is 0 Å². The first-order chi connectivity index (χ1) is 6.08. The van der Waals surface area contributed by atoms with Crippen molar-refractivity contribution in [3.8, 4) is 0 Å². The monoisotopic (exact) mass is 230 g/mol. The molecule has 1 rings (SSSR count). The van der Waals surface area contributed by atoms with E-state index in [1.807, 2.05) is 25.1 Å². The van der Waals surface area contributed by atoms with Crippen molar-refractivity contribution >= 4 is 38.8 Å². The molecule has 0 aliphatic rings. The summed E-state index contributed by atoms with van der Waals surface area (Å²) in [4.78, 5) is 0. The standard InChI is InChI=1S/C10H12Cl2Si/c1-10(11,12)13-8-7-9-5-3-2-4-6-9/h2-8H,13H2,1H3. The summed E-state index contributed by atoms with van der Waals surface area (Å²) in [6.07, 6.45) is 2.08. The molecule has 0 aliphatic heterocycles. The van der Waals surface area contributed by atoms with Gasteiger partial charge in [0.15, 0.2) is 0 Å². The summed E-state index contributed by atoms with van der Waals surface area (Å²) in [7, 11) is -0.544. The van der Waals surface area contributed by atoms with Crippen LogP contribution >= 0.6 is 23.2 Å². The summed E-state index contributed by atoms with van der Waals surface area (Å²) >= 11 is 11.8. The Kier molecular flexibility index (Phi) is 4.04. The van der Waals surface area contributed by atoms with Crippen LogP contribution in [0, 0.1) is 0 Å². The SMILES string of the molecule is CC(Cl)(Cl)[SiH2]C=Cc1ccccc1. The Hall–Kier alpha value is -0.243. The maximum Gasteiger partial charge on any atom is 0.102 e. The smallest absolute Gasteiger partial charge is 0.102 e. The summed E-state index contributed by atoms with van der Waals surface area (Å²) < 4.78 is -0.523. The highest BCUT2D eigenvalue weighted by molar-refractivity contribution is 6.75. The molecule has 1 aromatic rings. The Morgan fingerprint density at radius 2 is 1.85 bits per heavy atom. The summed E-state index contributed by atoms with van der Waals surface area (Å²) in [5.41, 5.74) is 3.32. The molecule has 0 saturated carbocycles. The van der Waals surface area contributed by atoms with E-state index in [4.69, 9.17) is 23.2 Å². The number of hydrogen-bond donors (Lipinski definition) is 0. The molecule has 0 nitrogen and oxygen atoms in total. The number of rotatable bonds is 3. The number of halogens is 2. The maximum atomic E-state index is 5.88. The first-order valence-corrected chi connectivity index (χ1v) is 6.45. The van der Waals surface area contributed by atoms with Gasteiger partial charge in [-0.05, 0) is 12.5 Å². The fourth-order valence-electron chi connectivity index (χ4n) is 0.966. The molecule has 0 saturated heterocycles. The Morgan fingerprint density at radius 1 is 1.23 bits per heavy atom. The van der Waals surface area contributed by atoms with Gasteiger partial charge in [0.1, 0.15) is 3.96 Å². The average Bonchev–Trinajstić information content (AvgIpc) is 2.04. The van der Waals surface area contributed by atoms with Gasteiger partial charge in [-0.25, -0.2) is 0 Å². The van der Waals surface area contributed by atoms with E-state index in [0.717, 1.165) is 0 Å². The highest BCUT2D eigenvalue weighted by Crippen LogP contribution is 2.17. The van der Waals surface area contributed by atoms with Gasteiger partial charge in [-0.2, -0.15) is 0 Å². The van der Waals surface area contributed by atoms with Crippen molar-refractivity contribution in [3.05, 3.63) is 41.6 Å². The predicted octanol–water partition coefficient (Wildman–Crippen LogP) is 2.98. The quantitative estimate of drug-likeness (QED) is 0.554. The van der Waals surface area contributed by atoms with Crippen molar-refractivity contribution in [2.24, 2.45) is 0 Å². The zero-order valence-electron chi connectivity index (χ0n) is 7.50. The van der Waals surface area contributed by atoms with Gasteiger partial charge in [0.05, 0.1) is 9.52 Å². The van der Waals surface area contributed by atoms with Crippen molar-refractivity contribution in [1.29, 1.82) is 0 Å². The molecule has 0 amide bonds. The predicted molar refractivity (Wildman–Crippen MR) is 64.1 cm³/mol. The fraction of sp³-hybridized carbons (Fsp3) is 0.200. The van der Waals surface area contributed by atoms with Crippen LogP contribution in [0.15, 0.2) is 36.0 Å². The van der Waals surface area contributed by atoms with Gasteiger partial charge < -0.3 is 0 Å². The summed E-state index contributed by atoms with van der Waals surface area (Å²) in [5, 5.41) is 0. The molecular formula is C10H12Cl2Si. The van der Waals surface area contributed by atoms with Gasteiger partial charge in [0.25, 0.3) is 0 Å². The molecule has 0 aliphatic carbocycles. The third-order valence-electron chi connectivity index (χ3n) is 1.59. The van der Waals surface area contributed by atoms with E-state index in [2.05, 4.69) is 23.9 Å². The van der Waals surface area contributed by atoms with Gasteiger partial charge in [-0.15, -0.1) is 23.2 Å². The Balaban J connectivity index is 2.51. The van der Waals surface area contributed by atoms with Crippen molar-refractivity contribution in [2.45, 2.75) is 10.9 Å². The van der Waals surface area contributed by atoms with Gasteiger partial charge in [0, 0.05) is 0 Å². The second-order valence-corrected chi connectivity index (χ2v) is 8.14. The number of hydrogen-bond acceptors (Lipinski definition) is 0. The lowest BCUT2D eigenvalue weighted by molar-refractivity contribution is 1.25. The van der Waals surface area contributed by atoms with E-state index < -0.39 is 13.5 Å². The Bertz CT molecular complexity index is 275. The molecule has 0 N–H and O–H groups in total. The summed E-state index contributed by atoms with van der Waals surface area (Å²) in [5.74, 6) is 0. The topological polar surface area (TPSA) is 0 Å². The minimum Gasteiger partial charge on any atom is -0.106 e. The number of alkyl halides is 2. The first-order valence-electron chi connectivity index (χ1n) is 4.17. The van der Waals surface area contributed by atoms with Crippen molar-refractivity contribution in [1.82, 2.24) is 0 Å². The second-order valence-electron chi connectivity index (χ2n) is 3.09. The van der Waals surface area contributed by atoms with Crippen molar-refractivity contribution in [2.75, 3.05) is 0 Å². The normalized spacial score (nSPS) is 13.2. The zero-order valence-corrected chi connectivity index (χ0v) is 10.4. The van der Waals surface area contributed by atoms with Crippen LogP contribution in [0.5, 0.6) is 0 Å². The zero-order chi connectivity index (χ0) is 9.73. The highest BCUT2D eigenvalue weighted by Gasteiger charge is 2.13. The average molecular weight is 231 g/mol. The lowest BCUT2D eigenvalue weighted by Crippen LogP contribution is -2.14. The van der Waals surface area contributed by atoms with Crippen LogP contribution in [0.3, 0.4) is 0 Å². The lowest BCUT2D eigenvalue weighted by Gasteiger charge is -2.07. The third kappa shape index (κ3) is 5.14. The van der Waals surface area contributed by atoms with E-state index in [-0.39, 0.29) is 0 Å². The van der Waals surface area contributed by atoms with Crippen LogP contribution in [0.4, 0.5) is 0 Å². The molecule has 0 radical (unpaired) electrons. The van der Waals surface area contributed by atoms with Crippen LogP contribution in [-0.4, -0.2) is 13.5 Å². The minimum absolute atomic E-state index is 0.523. The van der Waals surface area contributed by atoms with Crippen LogP contribution in [-0.2, 0) is 0 Å². The Morgan fingerprint density at radius 3 is 2.38 bits per heavy atom. The lowest BCUT2D eigenvalue weighted by atomic mass is 10.2. The first kappa shape index (κ1) is 10.8. The van der Waals surface area contributed by atoms with Crippen molar-refractivity contribution in [3.63, 3.8) is 0 Å². The van der Waals surface area contributed by atoms with E-state index >= 15 is 0 Å². The molecule has 13 heavy (non-hydrogen) atoms. The van der Waals surface area contributed by atoms with Gasteiger partial charge in [-0.1, -0.05) is 42.1 Å². The van der Waals surface area contributed by atoms with Crippen molar-refractivity contribution < 1.29 is 0 Å². The maximum absolute atomic E-state index is 5.88. The molecule has 0 aromatic heterocycles. The highest BCUT2D eigenvalue weighted by atomic mass is 35.5. The molecule has 3 heteroatoms. The van der Waals surface area contributed by atoms with Crippen LogP contribution in [0.2, 0.25) is 0 Å². The van der Waals surface area contributed by atoms with E-state index in [1.165, 1.54) is 5.56 Å². The molecular weight excluding hydrogens is 219 g/mol. The second kappa shape index (κ2) is 4.84.